The summed E-state index contributed by atoms with van der Waals surface area (Å²) in [6.45, 7) is 6.95. The predicted molar refractivity (Wildman–Crippen MR) is 125 cm³/mol. The Balaban J connectivity index is 1.78. The fraction of sp³-hybridized carbons (Fsp3) is 0.240. The van der Waals surface area contributed by atoms with Gasteiger partial charge in [0.15, 0.2) is 0 Å². The minimum absolute atomic E-state index is 0.116. The molecule has 4 nitrogen and oxygen atoms in total. The smallest absolute Gasteiger partial charge is 0.111 e. The van der Waals surface area contributed by atoms with Gasteiger partial charge >= 0.3 is 0 Å². The molecule has 0 saturated carbocycles. The predicted octanol–water partition coefficient (Wildman–Crippen LogP) is 6.65. The van der Waals surface area contributed by atoms with E-state index < -0.39 is 0 Å². The summed E-state index contributed by atoms with van der Waals surface area (Å²) in [5, 5.41) is 5.80. The van der Waals surface area contributed by atoms with E-state index in [1.54, 1.807) is 6.20 Å². The van der Waals surface area contributed by atoms with Gasteiger partial charge in [-0.25, -0.2) is 0 Å². The van der Waals surface area contributed by atoms with E-state index in [1.165, 1.54) is 5.56 Å². The lowest BCUT2D eigenvalue weighted by molar-refractivity contribution is 0.695. The van der Waals surface area contributed by atoms with Gasteiger partial charge in [0.2, 0.25) is 0 Å². The zero-order valence-corrected chi connectivity index (χ0v) is 18.2. The maximum absolute atomic E-state index is 6.46. The Hall–Kier alpha value is -2.98. The van der Waals surface area contributed by atoms with Crippen LogP contribution in [0.5, 0.6) is 0 Å². The second-order valence-electron chi connectivity index (χ2n) is 7.70. The molecule has 2 aromatic heterocycles. The van der Waals surface area contributed by atoms with Gasteiger partial charge in [0.1, 0.15) is 5.69 Å². The number of para-hydroxylation sites is 2. The molecule has 0 saturated heterocycles. The molecule has 0 spiro atoms. The average molecular weight is 417 g/mol. The van der Waals surface area contributed by atoms with Crippen LogP contribution in [0.1, 0.15) is 54.6 Å². The van der Waals surface area contributed by atoms with Gasteiger partial charge in [-0.2, -0.15) is 5.10 Å². The van der Waals surface area contributed by atoms with Crippen LogP contribution in [0, 0.1) is 0 Å². The highest BCUT2D eigenvalue weighted by Gasteiger charge is 2.15. The fourth-order valence-corrected chi connectivity index (χ4v) is 3.83. The van der Waals surface area contributed by atoms with Crippen LogP contribution in [0.3, 0.4) is 0 Å². The number of aromatic nitrogens is 3. The number of hydrogen-bond acceptors (Lipinski definition) is 3. The standard InChI is InChI=1S/C25H25ClN4/c1-17(2)20-11-8-12-21(18(3)26)25(20)28-15-23-22-10-4-5-13-24(22)30(29-23)16-19-9-6-7-14-27-19/h4-15,17-18H,16H2,1-3H3. The second-order valence-corrected chi connectivity index (χ2v) is 8.35. The number of pyridine rings is 1. The Kier molecular flexibility index (Phi) is 5.96. The van der Waals surface area contributed by atoms with Gasteiger partial charge in [0.05, 0.1) is 35.0 Å². The van der Waals surface area contributed by atoms with Crippen LogP contribution < -0.4 is 0 Å². The molecule has 0 radical (unpaired) electrons. The minimum Gasteiger partial charge on any atom is -0.259 e. The van der Waals surface area contributed by atoms with Crippen molar-refractivity contribution < 1.29 is 0 Å². The van der Waals surface area contributed by atoms with Crippen LogP contribution in [0.2, 0.25) is 0 Å². The van der Waals surface area contributed by atoms with Crippen molar-refractivity contribution in [3.05, 3.63) is 89.4 Å². The summed E-state index contributed by atoms with van der Waals surface area (Å²) in [4.78, 5) is 9.33. The number of aliphatic imine (C=N–C) groups is 1. The minimum atomic E-state index is -0.116. The van der Waals surface area contributed by atoms with Crippen LogP contribution in [-0.4, -0.2) is 21.0 Å². The number of halogens is 1. The van der Waals surface area contributed by atoms with Crippen LogP contribution in [0.25, 0.3) is 10.9 Å². The molecule has 2 heterocycles. The molecular formula is C25H25ClN4. The third-order valence-corrected chi connectivity index (χ3v) is 5.42. The lowest BCUT2D eigenvalue weighted by Gasteiger charge is -2.15. The SMILES string of the molecule is CC(C)c1cccc(C(C)Cl)c1N=Cc1nn(Cc2ccccn2)c2ccccc12. The topological polar surface area (TPSA) is 43.1 Å². The molecule has 30 heavy (non-hydrogen) atoms. The largest absolute Gasteiger partial charge is 0.259 e. The molecule has 4 rings (SSSR count). The third kappa shape index (κ3) is 4.14. The monoisotopic (exact) mass is 416 g/mol. The van der Waals surface area contributed by atoms with Gasteiger partial charge in [0, 0.05) is 11.6 Å². The number of alkyl halides is 1. The van der Waals surface area contributed by atoms with Crippen molar-refractivity contribution in [3.8, 4) is 0 Å². The molecule has 2 aromatic carbocycles. The normalized spacial score (nSPS) is 12.8. The van der Waals surface area contributed by atoms with Crippen LogP contribution in [0.15, 0.2) is 71.9 Å². The van der Waals surface area contributed by atoms with E-state index in [2.05, 4.69) is 43.1 Å². The maximum atomic E-state index is 6.46. The molecule has 0 fully saturated rings. The summed E-state index contributed by atoms with van der Waals surface area (Å²) in [5.41, 5.74) is 6.04. The van der Waals surface area contributed by atoms with Gasteiger partial charge in [-0.3, -0.25) is 14.7 Å². The van der Waals surface area contributed by atoms with Crippen molar-refractivity contribution in [2.45, 2.75) is 38.6 Å². The fourth-order valence-electron chi connectivity index (χ4n) is 3.66. The molecule has 5 heteroatoms. The molecule has 0 aliphatic heterocycles. The van der Waals surface area contributed by atoms with Gasteiger partial charge in [-0.05, 0) is 42.2 Å². The van der Waals surface area contributed by atoms with Crippen molar-refractivity contribution in [1.82, 2.24) is 14.8 Å². The maximum Gasteiger partial charge on any atom is 0.111 e. The van der Waals surface area contributed by atoms with E-state index in [4.69, 9.17) is 21.7 Å². The summed E-state index contributed by atoms with van der Waals surface area (Å²) in [5.74, 6) is 0.353. The highest BCUT2D eigenvalue weighted by molar-refractivity contribution is 6.21. The number of hydrogen-bond donors (Lipinski definition) is 0. The van der Waals surface area contributed by atoms with Gasteiger partial charge in [-0.15, -0.1) is 11.6 Å². The Morgan fingerprint density at radius 2 is 1.73 bits per heavy atom. The third-order valence-electron chi connectivity index (χ3n) is 5.19. The Morgan fingerprint density at radius 1 is 0.967 bits per heavy atom. The Bertz CT molecular complexity index is 1150. The zero-order valence-electron chi connectivity index (χ0n) is 17.5. The Morgan fingerprint density at radius 3 is 2.47 bits per heavy atom. The first kappa shape index (κ1) is 20.3. The first-order valence-electron chi connectivity index (χ1n) is 10.2. The number of rotatable bonds is 6. The molecule has 1 unspecified atom stereocenters. The van der Waals surface area contributed by atoms with Crippen molar-refractivity contribution >= 4 is 34.4 Å². The number of benzene rings is 2. The molecule has 0 bridgehead atoms. The van der Waals surface area contributed by atoms with E-state index >= 15 is 0 Å². The molecule has 152 valence electrons. The van der Waals surface area contributed by atoms with E-state index in [1.807, 2.05) is 54.2 Å². The average Bonchev–Trinajstić information content (AvgIpc) is 3.10. The van der Waals surface area contributed by atoms with Crippen LogP contribution in [-0.2, 0) is 6.54 Å². The highest BCUT2D eigenvalue weighted by Crippen LogP contribution is 2.36. The molecule has 0 aliphatic rings. The quantitative estimate of drug-likeness (QED) is 0.260. The summed E-state index contributed by atoms with van der Waals surface area (Å²) >= 11 is 6.46. The molecular weight excluding hydrogens is 392 g/mol. The van der Waals surface area contributed by atoms with E-state index in [-0.39, 0.29) is 5.38 Å². The first-order chi connectivity index (χ1) is 14.5. The van der Waals surface area contributed by atoms with Crippen molar-refractivity contribution in [2.75, 3.05) is 0 Å². The molecule has 4 aromatic rings. The lowest BCUT2D eigenvalue weighted by atomic mass is 9.97. The van der Waals surface area contributed by atoms with Gasteiger partial charge in [-0.1, -0.05) is 56.3 Å². The zero-order chi connectivity index (χ0) is 21.1. The first-order valence-corrected chi connectivity index (χ1v) is 10.6. The summed E-state index contributed by atoms with van der Waals surface area (Å²) < 4.78 is 1.98. The molecule has 1 atom stereocenters. The molecule has 0 aliphatic carbocycles. The molecule has 0 amide bonds. The Labute approximate surface area is 182 Å². The summed E-state index contributed by atoms with van der Waals surface area (Å²) in [6, 6.07) is 20.4. The van der Waals surface area contributed by atoms with E-state index in [0.29, 0.717) is 12.5 Å². The van der Waals surface area contributed by atoms with E-state index in [9.17, 15) is 0 Å². The van der Waals surface area contributed by atoms with Crippen LogP contribution in [0.4, 0.5) is 5.69 Å². The van der Waals surface area contributed by atoms with Crippen molar-refractivity contribution in [2.24, 2.45) is 4.99 Å². The van der Waals surface area contributed by atoms with E-state index in [0.717, 1.165) is 33.5 Å². The second kappa shape index (κ2) is 8.80. The number of nitrogens with zero attached hydrogens (tertiary/aromatic N) is 4. The summed E-state index contributed by atoms with van der Waals surface area (Å²) in [7, 11) is 0. The number of fused-ring (bicyclic) bond motifs is 1. The van der Waals surface area contributed by atoms with Crippen molar-refractivity contribution in [1.29, 1.82) is 0 Å². The van der Waals surface area contributed by atoms with Crippen molar-refractivity contribution in [3.63, 3.8) is 0 Å². The van der Waals surface area contributed by atoms with Gasteiger partial charge in [0.25, 0.3) is 0 Å². The lowest BCUT2D eigenvalue weighted by Crippen LogP contribution is -2.03. The highest BCUT2D eigenvalue weighted by atomic mass is 35.5. The van der Waals surface area contributed by atoms with Crippen LogP contribution >= 0.6 is 11.6 Å². The molecule has 0 N–H and O–H groups in total. The summed E-state index contributed by atoms with van der Waals surface area (Å²) in [6.07, 6.45) is 3.67. The van der Waals surface area contributed by atoms with Gasteiger partial charge < -0.3 is 0 Å².